The molecule has 31 heavy (non-hydrogen) atoms. The van der Waals surface area contributed by atoms with Gasteiger partial charge in [-0.2, -0.15) is 0 Å². The van der Waals surface area contributed by atoms with E-state index < -0.39 is 0 Å². The zero-order valence-corrected chi connectivity index (χ0v) is 18.1. The third-order valence-corrected chi connectivity index (χ3v) is 5.47. The van der Waals surface area contributed by atoms with Crippen LogP contribution >= 0.6 is 0 Å². The first-order valence-corrected chi connectivity index (χ1v) is 10.4. The van der Waals surface area contributed by atoms with Gasteiger partial charge in [0.05, 0.1) is 12.2 Å². The first-order chi connectivity index (χ1) is 15.0. The Balaban J connectivity index is 0.000000259. The highest BCUT2D eigenvalue weighted by atomic mass is 16.3. The maximum absolute atomic E-state index is 10.8. The highest BCUT2D eigenvalue weighted by Crippen LogP contribution is 2.33. The topological polar surface area (TPSA) is 95.6 Å². The van der Waals surface area contributed by atoms with E-state index in [-0.39, 0.29) is 11.7 Å². The molecule has 2 aromatic carbocycles. The number of benzene rings is 2. The molecule has 0 saturated carbocycles. The molecular formula is C24H29N5O2. The molecule has 0 fully saturated rings. The Morgan fingerprint density at radius 3 is 2.71 bits per heavy atom. The molecule has 0 bridgehead atoms. The molecule has 1 aliphatic rings. The predicted octanol–water partition coefficient (Wildman–Crippen LogP) is 3.52. The Kier molecular flexibility index (Phi) is 7.07. The molecule has 1 aliphatic heterocycles. The third-order valence-electron chi connectivity index (χ3n) is 5.47. The first-order valence-electron chi connectivity index (χ1n) is 10.4. The number of carbonyl (C=O) groups excluding carboxylic acids is 1. The summed E-state index contributed by atoms with van der Waals surface area (Å²) in [5.41, 5.74) is 9.08. The standard InChI is InChI=1S/C17H16N4O.C7H13NO/c18-17-13-6-7-21(9-15(13)19-10-20-17)16-3-1-2-11-4-5-12(22)8-14(11)16;1-4-7(9)8(5-2)6-3/h1-5,8,10,22H,6-7,9H2,(H2,18,19,20);4H,1,5-6H2,2-3H3. The number of carbonyl (C=O) groups is 1. The van der Waals surface area contributed by atoms with E-state index >= 15 is 0 Å². The van der Waals surface area contributed by atoms with Crippen molar-refractivity contribution in [2.24, 2.45) is 0 Å². The minimum absolute atomic E-state index is 0.0139. The van der Waals surface area contributed by atoms with Crippen LogP contribution in [-0.2, 0) is 17.8 Å². The lowest BCUT2D eigenvalue weighted by Crippen LogP contribution is -2.32. The van der Waals surface area contributed by atoms with Crippen LogP contribution in [0.5, 0.6) is 5.75 Å². The van der Waals surface area contributed by atoms with Crippen LogP contribution in [0.2, 0.25) is 0 Å². The number of hydrogen-bond acceptors (Lipinski definition) is 6. The summed E-state index contributed by atoms with van der Waals surface area (Å²) in [6, 6.07) is 11.6. The zero-order valence-electron chi connectivity index (χ0n) is 18.1. The van der Waals surface area contributed by atoms with Crippen LogP contribution in [0.4, 0.5) is 11.5 Å². The smallest absolute Gasteiger partial charge is 0.245 e. The molecule has 1 amide bonds. The molecule has 0 aliphatic carbocycles. The molecule has 0 unspecified atom stereocenters. The number of aromatic nitrogens is 2. The van der Waals surface area contributed by atoms with Crippen molar-refractivity contribution in [1.82, 2.24) is 14.9 Å². The van der Waals surface area contributed by atoms with Crippen LogP contribution in [0.15, 0.2) is 55.4 Å². The Bertz CT molecular complexity index is 1080. The Morgan fingerprint density at radius 1 is 1.26 bits per heavy atom. The molecule has 2 heterocycles. The number of phenols is 1. The van der Waals surface area contributed by atoms with Crippen molar-refractivity contribution in [2.45, 2.75) is 26.8 Å². The highest BCUT2D eigenvalue weighted by molar-refractivity contribution is 5.95. The van der Waals surface area contributed by atoms with Gasteiger partial charge in [-0.3, -0.25) is 4.79 Å². The van der Waals surface area contributed by atoms with E-state index in [4.69, 9.17) is 5.73 Å². The predicted molar refractivity (Wildman–Crippen MR) is 125 cm³/mol. The quantitative estimate of drug-likeness (QED) is 0.628. The average Bonchev–Trinajstić information content (AvgIpc) is 2.79. The number of fused-ring (bicyclic) bond motifs is 2. The van der Waals surface area contributed by atoms with E-state index in [0.29, 0.717) is 12.4 Å². The average molecular weight is 420 g/mol. The maximum atomic E-state index is 10.8. The van der Waals surface area contributed by atoms with Gasteiger partial charge >= 0.3 is 0 Å². The molecule has 3 aromatic rings. The third kappa shape index (κ3) is 4.94. The lowest BCUT2D eigenvalue weighted by Gasteiger charge is -2.31. The number of nitrogens with two attached hydrogens (primary N) is 1. The molecule has 162 valence electrons. The van der Waals surface area contributed by atoms with Crippen LogP contribution in [-0.4, -0.2) is 45.5 Å². The van der Waals surface area contributed by atoms with E-state index in [9.17, 15) is 9.90 Å². The lowest BCUT2D eigenvalue weighted by atomic mass is 10.0. The number of phenolic OH excluding ortho intramolecular Hbond substituents is 1. The van der Waals surface area contributed by atoms with Crippen molar-refractivity contribution in [2.75, 3.05) is 30.3 Å². The Morgan fingerprint density at radius 2 is 2.03 bits per heavy atom. The van der Waals surface area contributed by atoms with E-state index in [1.54, 1.807) is 11.0 Å². The van der Waals surface area contributed by atoms with Gasteiger partial charge in [-0.05, 0) is 49.9 Å². The summed E-state index contributed by atoms with van der Waals surface area (Å²) in [5.74, 6) is 0.879. The van der Waals surface area contributed by atoms with Crippen molar-refractivity contribution in [3.05, 3.63) is 66.6 Å². The Labute approximate surface area is 182 Å². The van der Waals surface area contributed by atoms with Crippen molar-refractivity contribution < 1.29 is 9.90 Å². The number of anilines is 2. The molecular weight excluding hydrogens is 390 g/mol. The summed E-state index contributed by atoms with van der Waals surface area (Å²) >= 11 is 0. The Hall–Kier alpha value is -3.61. The van der Waals surface area contributed by atoms with Gasteiger partial charge in [0, 0.05) is 36.3 Å². The van der Waals surface area contributed by atoms with Crippen LogP contribution in [0, 0.1) is 0 Å². The van der Waals surface area contributed by atoms with Gasteiger partial charge < -0.3 is 20.6 Å². The van der Waals surface area contributed by atoms with E-state index in [0.717, 1.165) is 53.8 Å². The number of rotatable bonds is 4. The second-order valence-corrected chi connectivity index (χ2v) is 7.25. The molecule has 0 atom stereocenters. The van der Waals surface area contributed by atoms with Crippen molar-refractivity contribution in [3.8, 4) is 5.75 Å². The molecule has 4 rings (SSSR count). The van der Waals surface area contributed by atoms with Crippen molar-refractivity contribution >= 4 is 28.2 Å². The lowest BCUT2D eigenvalue weighted by molar-refractivity contribution is -0.125. The summed E-state index contributed by atoms with van der Waals surface area (Å²) in [6.45, 7) is 10.4. The van der Waals surface area contributed by atoms with Crippen molar-refractivity contribution in [3.63, 3.8) is 0 Å². The molecule has 3 N–H and O–H groups in total. The second-order valence-electron chi connectivity index (χ2n) is 7.25. The highest BCUT2D eigenvalue weighted by Gasteiger charge is 2.21. The van der Waals surface area contributed by atoms with Crippen molar-refractivity contribution in [1.29, 1.82) is 0 Å². The normalized spacial score (nSPS) is 12.5. The summed E-state index contributed by atoms with van der Waals surface area (Å²) < 4.78 is 0. The van der Waals surface area contributed by atoms with Gasteiger partial charge in [-0.15, -0.1) is 0 Å². The fourth-order valence-electron chi connectivity index (χ4n) is 3.77. The zero-order chi connectivity index (χ0) is 22.4. The fourth-order valence-corrected chi connectivity index (χ4v) is 3.77. The van der Waals surface area contributed by atoms with E-state index in [1.165, 1.54) is 12.4 Å². The summed E-state index contributed by atoms with van der Waals surface area (Å²) in [7, 11) is 0. The van der Waals surface area contributed by atoms with Gasteiger partial charge in [0.25, 0.3) is 0 Å². The number of amides is 1. The van der Waals surface area contributed by atoms with Gasteiger partial charge in [-0.1, -0.05) is 24.8 Å². The SMILES string of the molecule is C=CC(=O)N(CC)CC.Nc1ncnc2c1CCN(c1cccc3ccc(O)cc13)C2. The largest absolute Gasteiger partial charge is 0.508 e. The maximum Gasteiger partial charge on any atom is 0.245 e. The number of nitrogen functional groups attached to an aromatic ring is 1. The summed E-state index contributed by atoms with van der Waals surface area (Å²) in [5, 5.41) is 12.0. The number of nitrogens with zero attached hydrogens (tertiary/aromatic N) is 4. The number of aromatic hydroxyl groups is 1. The number of likely N-dealkylation sites (N-methyl/N-ethyl adjacent to an activating group) is 1. The van der Waals surface area contributed by atoms with Gasteiger partial charge in [-0.25, -0.2) is 9.97 Å². The van der Waals surface area contributed by atoms with E-state index in [1.807, 2.05) is 32.0 Å². The summed E-state index contributed by atoms with van der Waals surface area (Å²) in [4.78, 5) is 23.2. The van der Waals surface area contributed by atoms with Gasteiger partial charge in [0.2, 0.25) is 5.91 Å². The van der Waals surface area contributed by atoms with Crippen LogP contribution in [0.25, 0.3) is 10.8 Å². The number of hydrogen-bond donors (Lipinski definition) is 2. The fraction of sp³-hybridized carbons (Fsp3) is 0.292. The molecule has 7 nitrogen and oxygen atoms in total. The second kappa shape index (κ2) is 9.93. The van der Waals surface area contributed by atoms with Crippen LogP contribution < -0.4 is 10.6 Å². The molecule has 0 saturated heterocycles. The molecule has 1 aromatic heterocycles. The molecule has 0 radical (unpaired) electrons. The summed E-state index contributed by atoms with van der Waals surface area (Å²) in [6.07, 6.45) is 3.69. The minimum atomic E-state index is 0.0139. The van der Waals surface area contributed by atoms with Crippen LogP contribution in [0.1, 0.15) is 25.1 Å². The van der Waals surface area contributed by atoms with E-state index in [2.05, 4.69) is 33.6 Å². The van der Waals surface area contributed by atoms with Gasteiger partial charge in [0.15, 0.2) is 0 Å². The molecule has 7 heteroatoms. The van der Waals surface area contributed by atoms with Gasteiger partial charge in [0.1, 0.15) is 17.9 Å². The first kappa shape index (κ1) is 22.1. The monoisotopic (exact) mass is 419 g/mol. The van der Waals surface area contributed by atoms with Crippen LogP contribution in [0.3, 0.4) is 0 Å². The molecule has 0 spiro atoms. The minimum Gasteiger partial charge on any atom is -0.508 e.